The van der Waals surface area contributed by atoms with Crippen LogP contribution in [0.5, 0.6) is 0 Å². The molecular formula is C12H22O6. The Bertz CT molecular complexity index is 241. The maximum Gasteiger partial charge on any atom is 0.305 e. The Morgan fingerprint density at radius 2 is 1.56 bits per heavy atom. The number of aliphatic hydroxyl groups excluding tert-OH is 2. The number of ether oxygens (including phenoxy) is 1. The molecule has 0 radical (unpaired) electrons. The van der Waals surface area contributed by atoms with Crippen molar-refractivity contribution >= 4 is 11.9 Å². The molecule has 6 nitrogen and oxygen atoms in total. The molecule has 0 saturated heterocycles. The zero-order chi connectivity index (χ0) is 13.8. The number of carbonyl (C=O) groups excluding carboxylic acids is 1. The Kier molecular flexibility index (Phi) is 10.3. The zero-order valence-electron chi connectivity index (χ0n) is 10.5. The lowest BCUT2D eigenvalue weighted by Gasteiger charge is -2.08. The van der Waals surface area contributed by atoms with Gasteiger partial charge in [-0.1, -0.05) is 19.3 Å². The maximum absolute atomic E-state index is 11.1. The van der Waals surface area contributed by atoms with Gasteiger partial charge in [0.25, 0.3) is 0 Å². The van der Waals surface area contributed by atoms with E-state index in [9.17, 15) is 9.59 Å². The van der Waals surface area contributed by atoms with Crippen LogP contribution in [0.1, 0.15) is 44.9 Å². The van der Waals surface area contributed by atoms with Crippen LogP contribution in [0.15, 0.2) is 0 Å². The van der Waals surface area contributed by atoms with Gasteiger partial charge in [-0.05, 0) is 12.8 Å². The second-order valence-electron chi connectivity index (χ2n) is 4.18. The van der Waals surface area contributed by atoms with Gasteiger partial charge >= 0.3 is 11.9 Å². The molecule has 3 N–H and O–H groups in total. The van der Waals surface area contributed by atoms with Crippen LogP contribution in [0.2, 0.25) is 0 Å². The molecule has 1 atom stereocenters. The normalized spacial score (nSPS) is 12.1. The molecule has 0 aliphatic rings. The number of unbranched alkanes of at least 4 members (excludes halogenated alkanes) is 4. The molecule has 6 heteroatoms. The van der Waals surface area contributed by atoms with E-state index in [1.807, 2.05) is 0 Å². The average Bonchev–Trinajstić information content (AvgIpc) is 2.34. The van der Waals surface area contributed by atoms with E-state index in [0.717, 1.165) is 19.3 Å². The highest BCUT2D eigenvalue weighted by Crippen LogP contribution is 2.07. The Hall–Kier alpha value is -1.14. The minimum absolute atomic E-state index is 0.173. The number of carbonyl (C=O) groups is 2. The second-order valence-corrected chi connectivity index (χ2v) is 4.18. The van der Waals surface area contributed by atoms with Crippen molar-refractivity contribution in [3.63, 3.8) is 0 Å². The first kappa shape index (κ1) is 16.9. The van der Waals surface area contributed by atoms with Crippen molar-refractivity contribution in [2.24, 2.45) is 0 Å². The summed E-state index contributed by atoms with van der Waals surface area (Å²) in [7, 11) is 0. The first-order valence-corrected chi connectivity index (χ1v) is 6.22. The molecule has 0 bridgehead atoms. The Morgan fingerprint density at radius 3 is 2.11 bits per heavy atom. The van der Waals surface area contributed by atoms with Crippen LogP contribution < -0.4 is 0 Å². The fraction of sp³-hybridized carbons (Fsp3) is 0.833. The molecule has 0 heterocycles. The van der Waals surface area contributed by atoms with Crippen molar-refractivity contribution in [3.05, 3.63) is 0 Å². The summed E-state index contributed by atoms with van der Waals surface area (Å²) in [6, 6.07) is 0. The largest absolute Gasteiger partial charge is 0.481 e. The molecule has 106 valence electrons. The van der Waals surface area contributed by atoms with Crippen LogP contribution in [-0.2, 0) is 14.3 Å². The highest BCUT2D eigenvalue weighted by atomic mass is 16.5. The SMILES string of the molecule is O=C(O)CCCCCCCC(=O)OC[C@@H](O)CO. The van der Waals surface area contributed by atoms with E-state index in [0.29, 0.717) is 12.8 Å². The molecule has 0 unspecified atom stereocenters. The third-order valence-electron chi connectivity index (χ3n) is 2.42. The van der Waals surface area contributed by atoms with Gasteiger partial charge in [-0.3, -0.25) is 9.59 Å². The molecule has 0 fully saturated rings. The van der Waals surface area contributed by atoms with Gasteiger partial charge in [0.05, 0.1) is 6.61 Å². The van der Waals surface area contributed by atoms with Crippen molar-refractivity contribution in [2.45, 2.75) is 51.0 Å². The number of carboxylic acid groups (broad SMARTS) is 1. The Morgan fingerprint density at radius 1 is 1.00 bits per heavy atom. The van der Waals surface area contributed by atoms with Crippen LogP contribution in [0, 0.1) is 0 Å². The van der Waals surface area contributed by atoms with E-state index >= 15 is 0 Å². The summed E-state index contributed by atoms with van der Waals surface area (Å²) in [6.07, 6.45) is 3.45. The number of carboxylic acids is 1. The van der Waals surface area contributed by atoms with Crippen molar-refractivity contribution in [1.29, 1.82) is 0 Å². The van der Waals surface area contributed by atoms with E-state index < -0.39 is 18.7 Å². The van der Waals surface area contributed by atoms with E-state index in [-0.39, 0.29) is 25.4 Å². The summed E-state index contributed by atoms with van der Waals surface area (Å²) < 4.78 is 4.73. The summed E-state index contributed by atoms with van der Waals surface area (Å²) in [6.45, 7) is -0.592. The fourth-order valence-corrected chi connectivity index (χ4v) is 1.39. The number of rotatable bonds is 11. The van der Waals surface area contributed by atoms with Gasteiger partial charge in [0.15, 0.2) is 0 Å². The predicted octanol–water partition coefficient (Wildman–Crippen LogP) is 0.698. The predicted molar refractivity (Wildman–Crippen MR) is 64.0 cm³/mol. The third-order valence-corrected chi connectivity index (χ3v) is 2.42. The van der Waals surface area contributed by atoms with Gasteiger partial charge in [0.1, 0.15) is 12.7 Å². The lowest BCUT2D eigenvalue weighted by Crippen LogP contribution is -2.21. The second kappa shape index (κ2) is 11.0. The smallest absolute Gasteiger partial charge is 0.305 e. The number of aliphatic hydroxyl groups is 2. The van der Waals surface area contributed by atoms with Gasteiger partial charge in [0.2, 0.25) is 0 Å². The van der Waals surface area contributed by atoms with Crippen LogP contribution in [0.3, 0.4) is 0 Å². The summed E-state index contributed by atoms with van der Waals surface area (Å²) in [5.74, 6) is -1.16. The molecule has 0 amide bonds. The quantitative estimate of drug-likeness (QED) is 0.374. The molecule has 0 aromatic heterocycles. The molecule has 0 rings (SSSR count). The number of hydrogen-bond donors (Lipinski definition) is 3. The summed E-state index contributed by atoms with van der Waals surface area (Å²) >= 11 is 0. The molecule has 0 aliphatic heterocycles. The van der Waals surface area contributed by atoms with Gasteiger partial charge in [-0.15, -0.1) is 0 Å². The molecule has 0 aromatic carbocycles. The van der Waals surface area contributed by atoms with Crippen molar-refractivity contribution in [1.82, 2.24) is 0 Å². The van der Waals surface area contributed by atoms with E-state index in [4.69, 9.17) is 20.1 Å². The number of esters is 1. The highest BCUT2D eigenvalue weighted by molar-refractivity contribution is 5.69. The molecule has 0 aromatic rings. The van der Waals surface area contributed by atoms with Gasteiger partial charge in [0, 0.05) is 12.8 Å². The van der Waals surface area contributed by atoms with Crippen molar-refractivity contribution < 1.29 is 29.6 Å². The molecular weight excluding hydrogens is 240 g/mol. The molecule has 0 saturated carbocycles. The van der Waals surface area contributed by atoms with Gasteiger partial charge in [-0.25, -0.2) is 0 Å². The minimum atomic E-state index is -1.01. The first-order valence-electron chi connectivity index (χ1n) is 6.22. The summed E-state index contributed by atoms with van der Waals surface area (Å²) in [4.78, 5) is 21.4. The summed E-state index contributed by atoms with van der Waals surface area (Å²) in [5.41, 5.74) is 0. The Labute approximate surface area is 107 Å². The van der Waals surface area contributed by atoms with E-state index in [2.05, 4.69) is 0 Å². The minimum Gasteiger partial charge on any atom is -0.481 e. The topological polar surface area (TPSA) is 104 Å². The third kappa shape index (κ3) is 11.3. The van der Waals surface area contributed by atoms with Gasteiger partial charge in [-0.2, -0.15) is 0 Å². The Balaban J connectivity index is 3.27. The first-order chi connectivity index (χ1) is 8.56. The van der Waals surface area contributed by atoms with Crippen molar-refractivity contribution in [2.75, 3.05) is 13.2 Å². The van der Waals surface area contributed by atoms with Crippen molar-refractivity contribution in [3.8, 4) is 0 Å². The van der Waals surface area contributed by atoms with E-state index in [1.54, 1.807) is 0 Å². The standard InChI is InChI=1S/C12H22O6/c13-8-10(14)9-18-12(17)7-5-3-1-2-4-6-11(15)16/h10,13-14H,1-9H2,(H,15,16)/t10-/m0/s1. The van der Waals surface area contributed by atoms with Crippen LogP contribution in [-0.4, -0.2) is 46.6 Å². The lowest BCUT2D eigenvalue weighted by molar-refractivity contribution is -0.147. The number of hydrogen-bond acceptors (Lipinski definition) is 5. The summed E-state index contributed by atoms with van der Waals surface area (Å²) in [5, 5.41) is 25.9. The van der Waals surface area contributed by atoms with Crippen LogP contribution >= 0.6 is 0 Å². The molecule has 0 spiro atoms. The average molecular weight is 262 g/mol. The maximum atomic E-state index is 11.1. The molecule has 0 aliphatic carbocycles. The van der Waals surface area contributed by atoms with Crippen LogP contribution in [0.4, 0.5) is 0 Å². The zero-order valence-corrected chi connectivity index (χ0v) is 10.5. The molecule has 18 heavy (non-hydrogen) atoms. The van der Waals surface area contributed by atoms with E-state index in [1.165, 1.54) is 0 Å². The van der Waals surface area contributed by atoms with Gasteiger partial charge < -0.3 is 20.1 Å². The lowest BCUT2D eigenvalue weighted by atomic mass is 10.1. The van der Waals surface area contributed by atoms with Crippen LogP contribution in [0.25, 0.3) is 0 Å². The highest BCUT2D eigenvalue weighted by Gasteiger charge is 2.07. The number of aliphatic carboxylic acids is 1. The monoisotopic (exact) mass is 262 g/mol. The fourth-order valence-electron chi connectivity index (χ4n) is 1.39.